The van der Waals surface area contributed by atoms with Gasteiger partial charge in [-0.15, -0.1) is 0 Å². The van der Waals surface area contributed by atoms with Crippen LogP contribution < -0.4 is 4.90 Å². The van der Waals surface area contributed by atoms with Crippen LogP contribution in [-0.4, -0.2) is 32.9 Å². The quantitative estimate of drug-likeness (QED) is 0.817. The fourth-order valence-corrected chi connectivity index (χ4v) is 4.66. The molecule has 0 aliphatic carbocycles. The van der Waals surface area contributed by atoms with Crippen molar-refractivity contribution >= 4 is 15.7 Å². The van der Waals surface area contributed by atoms with Crippen LogP contribution in [-0.2, 0) is 16.6 Å². The van der Waals surface area contributed by atoms with E-state index in [1.165, 1.54) is 22.5 Å². The van der Waals surface area contributed by atoms with Crippen LogP contribution in [0.3, 0.4) is 0 Å². The van der Waals surface area contributed by atoms with E-state index in [1.807, 2.05) is 24.3 Å². The third-order valence-electron chi connectivity index (χ3n) is 4.66. The zero-order valence-corrected chi connectivity index (χ0v) is 15.4. The van der Waals surface area contributed by atoms with E-state index in [2.05, 4.69) is 4.90 Å². The minimum Gasteiger partial charge on any atom is -0.371 e. The van der Waals surface area contributed by atoms with Crippen molar-refractivity contribution < 1.29 is 12.8 Å². The van der Waals surface area contributed by atoms with Crippen molar-refractivity contribution in [1.82, 2.24) is 4.31 Å². The maximum atomic E-state index is 13.3. The zero-order valence-electron chi connectivity index (χ0n) is 14.6. The van der Waals surface area contributed by atoms with Gasteiger partial charge in [0.1, 0.15) is 5.82 Å². The standard InChI is InChI=1S/C19H23FN2O2S/c1-15-13-17(20)9-10-19(15)25(23,24)21(2)14-16-7-3-4-8-18(16)22-11-5-6-12-22/h3-4,7-10,13H,5-6,11-12,14H2,1-2H3. The van der Waals surface area contributed by atoms with E-state index >= 15 is 0 Å². The Balaban J connectivity index is 1.88. The highest BCUT2D eigenvalue weighted by molar-refractivity contribution is 7.89. The summed E-state index contributed by atoms with van der Waals surface area (Å²) >= 11 is 0. The second-order valence-electron chi connectivity index (χ2n) is 6.49. The number of hydrogen-bond donors (Lipinski definition) is 0. The molecule has 1 heterocycles. The van der Waals surface area contributed by atoms with Crippen LogP contribution in [0.5, 0.6) is 0 Å². The molecule has 4 nitrogen and oxygen atoms in total. The Morgan fingerprint density at radius 1 is 1.12 bits per heavy atom. The van der Waals surface area contributed by atoms with Crippen LogP contribution in [0.15, 0.2) is 47.4 Å². The summed E-state index contributed by atoms with van der Waals surface area (Å²) in [4.78, 5) is 2.45. The minimum atomic E-state index is -3.68. The van der Waals surface area contributed by atoms with E-state index in [1.54, 1.807) is 14.0 Å². The second kappa shape index (κ2) is 7.14. The summed E-state index contributed by atoms with van der Waals surface area (Å²) in [5, 5.41) is 0. The lowest BCUT2D eigenvalue weighted by atomic mass is 10.1. The minimum absolute atomic E-state index is 0.148. The summed E-state index contributed by atoms with van der Waals surface area (Å²) in [5.41, 5.74) is 2.49. The van der Waals surface area contributed by atoms with Gasteiger partial charge < -0.3 is 4.90 Å². The Bertz CT molecular complexity index is 861. The van der Waals surface area contributed by atoms with Gasteiger partial charge in [0.15, 0.2) is 0 Å². The van der Waals surface area contributed by atoms with Gasteiger partial charge in [0.2, 0.25) is 10.0 Å². The third-order valence-corrected chi connectivity index (χ3v) is 6.62. The molecule has 0 atom stereocenters. The smallest absolute Gasteiger partial charge is 0.243 e. The molecule has 25 heavy (non-hydrogen) atoms. The van der Waals surface area contributed by atoms with E-state index in [4.69, 9.17) is 0 Å². The van der Waals surface area contributed by atoms with Gasteiger partial charge in [-0.1, -0.05) is 18.2 Å². The largest absolute Gasteiger partial charge is 0.371 e. The van der Waals surface area contributed by atoms with Gasteiger partial charge in [0, 0.05) is 32.4 Å². The average Bonchev–Trinajstić information content (AvgIpc) is 3.09. The maximum absolute atomic E-state index is 13.3. The normalized spacial score (nSPS) is 15.1. The third kappa shape index (κ3) is 3.70. The SMILES string of the molecule is Cc1cc(F)ccc1S(=O)(=O)N(C)Cc1ccccc1N1CCCC1. The van der Waals surface area contributed by atoms with Gasteiger partial charge in [-0.05, 0) is 55.2 Å². The summed E-state index contributed by atoms with van der Waals surface area (Å²) in [6.45, 7) is 3.91. The van der Waals surface area contributed by atoms with Crippen LogP contribution in [0.25, 0.3) is 0 Å². The monoisotopic (exact) mass is 362 g/mol. The molecule has 1 aliphatic heterocycles. The lowest BCUT2D eigenvalue weighted by Gasteiger charge is -2.24. The van der Waals surface area contributed by atoms with Crippen molar-refractivity contribution in [3.8, 4) is 0 Å². The van der Waals surface area contributed by atoms with Crippen molar-refractivity contribution in [3.05, 3.63) is 59.4 Å². The number of para-hydroxylation sites is 1. The van der Waals surface area contributed by atoms with Crippen LogP contribution in [0, 0.1) is 12.7 Å². The Kier molecular flexibility index (Phi) is 5.11. The number of nitrogens with zero attached hydrogens (tertiary/aromatic N) is 2. The fourth-order valence-electron chi connectivity index (χ4n) is 3.31. The first-order valence-corrected chi connectivity index (χ1v) is 9.89. The number of rotatable bonds is 5. The highest BCUT2D eigenvalue weighted by atomic mass is 32.2. The molecule has 3 rings (SSSR count). The predicted molar refractivity (Wildman–Crippen MR) is 97.7 cm³/mol. The maximum Gasteiger partial charge on any atom is 0.243 e. The van der Waals surface area contributed by atoms with Gasteiger partial charge in [0.05, 0.1) is 4.90 Å². The number of benzene rings is 2. The fraction of sp³-hybridized carbons (Fsp3) is 0.368. The molecule has 1 saturated heterocycles. The molecular weight excluding hydrogens is 339 g/mol. The van der Waals surface area contributed by atoms with Crippen molar-refractivity contribution in [2.45, 2.75) is 31.2 Å². The topological polar surface area (TPSA) is 40.6 Å². The number of anilines is 1. The number of halogens is 1. The molecule has 6 heteroatoms. The average molecular weight is 362 g/mol. The summed E-state index contributed by atoms with van der Waals surface area (Å²) in [6.07, 6.45) is 2.33. The number of sulfonamides is 1. The number of hydrogen-bond acceptors (Lipinski definition) is 3. The van der Waals surface area contributed by atoms with Crippen LogP contribution in [0.4, 0.5) is 10.1 Å². The first-order valence-electron chi connectivity index (χ1n) is 8.45. The Morgan fingerprint density at radius 2 is 1.80 bits per heavy atom. The molecule has 0 amide bonds. The first kappa shape index (κ1) is 17.9. The van der Waals surface area contributed by atoms with E-state index < -0.39 is 15.8 Å². The van der Waals surface area contributed by atoms with Crippen molar-refractivity contribution in [3.63, 3.8) is 0 Å². The number of aryl methyl sites for hydroxylation is 1. The predicted octanol–water partition coefficient (Wildman–Crippen LogP) is 3.56. The van der Waals surface area contributed by atoms with Gasteiger partial charge in [0.25, 0.3) is 0 Å². The van der Waals surface area contributed by atoms with E-state index in [9.17, 15) is 12.8 Å². The molecule has 0 spiro atoms. The molecule has 0 aromatic heterocycles. The Hall–Kier alpha value is -1.92. The molecule has 0 bridgehead atoms. The van der Waals surface area contributed by atoms with Crippen LogP contribution >= 0.6 is 0 Å². The molecule has 0 N–H and O–H groups in total. The van der Waals surface area contributed by atoms with Gasteiger partial charge in [-0.2, -0.15) is 4.31 Å². The molecule has 2 aromatic rings. The molecule has 0 unspecified atom stereocenters. The Morgan fingerprint density at radius 3 is 2.48 bits per heavy atom. The van der Waals surface area contributed by atoms with E-state index in [-0.39, 0.29) is 11.4 Å². The van der Waals surface area contributed by atoms with E-state index in [0.717, 1.165) is 37.2 Å². The molecule has 0 radical (unpaired) electrons. The highest BCUT2D eigenvalue weighted by Crippen LogP contribution is 2.27. The highest BCUT2D eigenvalue weighted by Gasteiger charge is 2.25. The van der Waals surface area contributed by atoms with Gasteiger partial charge in [-0.3, -0.25) is 0 Å². The van der Waals surface area contributed by atoms with Crippen LogP contribution in [0.2, 0.25) is 0 Å². The lowest BCUT2D eigenvalue weighted by Crippen LogP contribution is -2.28. The Labute approximate surface area is 148 Å². The zero-order chi connectivity index (χ0) is 18.0. The summed E-state index contributed by atoms with van der Waals surface area (Å²) in [6, 6.07) is 11.7. The molecule has 1 fully saturated rings. The summed E-state index contributed by atoms with van der Waals surface area (Å²) in [5.74, 6) is -0.432. The van der Waals surface area contributed by atoms with Gasteiger partial charge >= 0.3 is 0 Å². The van der Waals surface area contributed by atoms with Crippen LogP contribution in [0.1, 0.15) is 24.0 Å². The van der Waals surface area contributed by atoms with Crippen molar-refractivity contribution in [2.24, 2.45) is 0 Å². The first-order chi connectivity index (χ1) is 11.9. The molecule has 0 saturated carbocycles. The van der Waals surface area contributed by atoms with Gasteiger partial charge in [-0.25, -0.2) is 12.8 Å². The molecule has 2 aromatic carbocycles. The molecule has 1 aliphatic rings. The van der Waals surface area contributed by atoms with Crippen molar-refractivity contribution in [1.29, 1.82) is 0 Å². The van der Waals surface area contributed by atoms with E-state index in [0.29, 0.717) is 5.56 Å². The molecule has 134 valence electrons. The summed E-state index contributed by atoms with van der Waals surface area (Å²) < 4.78 is 40.4. The second-order valence-corrected chi connectivity index (χ2v) is 8.51. The molecular formula is C19H23FN2O2S. The lowest BCUT2D eigenvalue weighted by molar-refractivity contribution is 0.466. The summed E-state index contributed by atoms with van der Waals surface area (Å²) in [7, 11) is -2.11. The van der Waals surface area contributed by atoms with Crippen molar-refractivity contribution in [2.75, 3.05) is 25.0 Å².